The predicted octanol–water partition coefficient (Wildman–Crippen LogP) is 2.85. The van der Waals surface area contributed by atoms with Crippen LogP contribution in [0.25, 0.3) is 0 Å². The van der Waals surface area contributed by atoms with E-state index in [0.29, 0.717) is 6.07 Å². The Bertz CT molecular complexity index is 1110. The Labute approximate surface area is 187 Å². The Hall–Kier alpha value is -3.00. The van der Waals surface area contributed by atoms with E-state index in [1.807, 2.05) is 0 Å². The smallest absolute Gasteiger partial charge is 0.415 e. The molecule has 1 fully saturated rings. The summed E-state index contributed by atoms with van der Waals surface area (Å²) >= 11 is 0.869. The molecule has 1 saturated heterocycles. The van der Waals surface area contributed by atoms with Crippen LogP contribution in [0.1, 0.15) is 16.1 Å². The first-order valence-corrected chi connectivity index (χ1v) is 10.4. The fraction of sp³-hybridized carbons (Fsp3) is 0.368. The maximum atomic E-state index is 14.9. The number of nitrogens with zero attached hydrogens (tertiary/aromatic N) is 3. The van der Waals surface area contributed by atoms with E-state index in [-0.39, 0.29) is 28.2 Å². The molecule has 1 amide bonds. The first kappa shape index (κ1) is 23.2. The monoisotopic (exact) mass is 489 g/mol. The number of benzene rings is 1. The van der Waals surface area contributed by atoms with Gasteiger partial charge in [0.2, 0.25) is 5.88 Å². The molecule has 0 aliphatic carbocycles. The zero-order chi connectivity index (χ0) is 24.0. The third kappa shape index (κ3) is 4.19. The van der Waals surface area contributed by atoms with Crippen molar-refractivity contribution in [1.82, 2.24) is 9.97 Å². The summed E-state index contributed by atoms with van der Waals surface area (Å²) in [5.41, 5.74) is 2.95. The van der Waals surface area contributed by atoms with Crippen molar-refractivity contribution in [3.63, 3.8) is 0 Å². The summed E-state index contributed by atoms with van der Waals surface area (Å²) < 4.78 is 79.8. The van der Waals surface area contributed by atoms with Gasteiger partial charge in [-0.1, -0.05) is 11.8 Å². The number of amides is 1. The van der Waals surface area contributed by atoms with Crippen molar-refractivity contribution in [2.75, 3.05) is 24.8 Å². The molecule has 3 N–H and O–H groups in total. The molecule has 4 rings (SSSR count). The van der Waals surface area contributed by atoms with Gasteiger partial charge in [-0.05, 0) is 6.07 Å². The number of ether oxygens (including phenoxy) is 2. The number of nitrogens with one attached hydrogen (secondary N) is 1. The van der Waals surface area contributed by atoms with Gasteiger partial charge in [0.25, 0.3) is 5.91 Å². The molecule has 2 aliphatic rings. The van der Waals surface area contributed by atoms with Crippen molar-refractivity contribution in [1.29, 1.82) is 0 Å². The number of aromatic nitrogens is 2. The molecule has 3 atom stereocenters. The molecular weight excluding hydrogens is 473 g/mol. The van der Waals surface area contributed by atoms with Gasteiger partial charge in [0.1, 0.15) is 11.2 Å². The zero-order valence-electron chi connectivity index (χ0n) is 16.8. The van der Waals surface area contributed by atoms with Crippen LogP contribution in [0.3, 0.4) is 0 Å². The van der Waals surface area contributed by atoms with E-state index in [0.717, 1.165) is 24.0 Å². The molecule has 0 saturated carbocycles. The number of hydrogen-bond acceptors (Lipinski definition) is 8. The minimum atomic E-state index is -4.75. The van der Waals surface area contributed by atoms with Gasteiger partial charge in [0.15, 0.2) is 22.9 Å². The summed E-state index contributed by atoms with van der Waals surface area (Å²) in [4.78, 5) is 24.2. The molecule has 14 heteroatoms. The van der Waals surface area contributed by atoms with Gasteiger partial charge in [-0.25, -0.2) is 23.7 Å². The first-order valence-electron chi connectivity index (χ1n) is 9.38. The molecule has 2 aromatic rings. The number of hydrogen-bond donors (Lipinski definition) is 2. The van der Waals surface area contributed by atoms with Crippen LogP contribution in [0, 0.1) is 17.6 Å². The Morgan fingerprint density at radius 3 is 2.70 bits per heavy atom. The summed E-state index contributed by atoms with van der Waals surface area (Å²) in [5.74, 6) is -4.98. The SMILES string of the molecule is COc1cnc(C(=O)Nc2cc(F)c(F)c(C34COC(C(F)(F)F)C3CSC(N)=N4)c2)cn1. The number of rotatable bonds is 4. The lowest BCUT2D eigenvalue weighted by Crippen LogP contribution is -2.46. The van der Waals surface area contributed by atoms with Crippen LogP contribution >= 0.6 is 11.8 Å². The standard InChI is InChI=1S/C19H16F5N5O3S/c1-31-13-5-26-12(4-27-13)16(30)28-8-2-9(14(21)11(20)3-8)18-7-32-15(19(22,23)24)10(18)6-33-17(25)29-18/h2-5,10,15H,6-7H2,1H3,(H2,25,29)(H,28,30). The highest BCUT2D eigenvalue weighted by Crippen LogP contribution is 2.52. The van der Waals surface area contributed by atoms with Crippen LogP contribution in [0.4, 0.5) is 27.6 Å². The molecule has 33 heavy (non-hydrogen) atoms. The molecule has 1 aromatic carbocycles. The highest BCUT2D eigenvalue weighted by atomic mass is 32.2. The average Bonchev–Trinajstić information content (AvgIpc) is 3.16. The Balaban J connectivity index is 1.73. The number of anilines is 1. The number of alkyl halides is 3. The Morgan fingerprint density at radius 1 is 1.30 bits per heavy atom. The number of nitrogens with two attached hydrogens (primary N) is 1. The Morgan fingerprint density at radius 2 is 2.06 bits per heavy atom. The van der Waals surface area contributed by atoms with Crippen LogP contribution in [-0.4, -0.2) is 52.8 Å². The maximum Gasteiger partial charge on any atom is 0.415 e. The van der Waals surface area contributed by atoms with Crippen LogP contribution < -0.4 is 15.8 Å². The van der Waals surface area contributed by atoms with Gasteiger partial charge < -0.3 is 20.5 Å². The lowest BCUT2D eigenvalue weighted by molar-refractivity contribution is -0.215. The van der Waals surface area contributed by atoms with Gasteiger partial charge in [0, 0.05) is 29.0 Å². The minimum absolute atomic E-state index is 0.0829. The third-order valence-electron chi connectivity index (χ3n) is 5.33. The largest absolute Gasteiger partial charge is 0.480 e. The Kier molecular flexibility index (Phi) is 5.90. The van der Waals surface area contributed by atoms with E-state index in [1.54, 1.807) is 0 Å². The van der Waals surface area contributed by atoms with Crippen molar-refractivity contribution in [3.05, 3.63) is 47.4 Å². The average molecular weight is 489 g/mol. The van der Waals surface area contributed by atoms with Crippen molar-refractivity contribution >= 4 is 28.5 Å². The van der Waals surface area contributed by atoms with Gasteiger partial charge in [-0.2, -0.15) is 13.2 Å². The lowest BCUT2D eigenvalue weighted by Gasteiger charge is -2.36. The number of halogens is 5. The van der Waals surface area contributed by atoms with E-state index < -0.39 is 53.4 Å². The van der Waals surface area contributed by atoms with E-state index in [2.05, 4.69) is 20.3 Å². The molecule has 3 heterocycles. The van der Waals surface area contributed by atoms with E-state index in [9.17, 15) is 26.7 Å². The normalized spacial score (nSPS) is 24.7. The number of carbonyl (C=O) groups is 1. The summed E-state index contributed by atoms with van der Waals surface area (Å²) in [6.45, 7) is -0.666. The van der Waals surface area contributed by atoms with Crippen molar-refractivity contribution in [3.8, 4) is 5.88 Å². The predicted molar refractivity (Wildman–Crippen MR) is 108 cm³/mol. The lowest BCUT2D eigenvalue weighted by atomic mass is 9.78. The number of fused-ring (bicyclic) bond motifs is 1. The molecule has 3 unspecified atom stereocenters. The molecule has 8 nitrogen and oxygen atoms in total. The fourth-order valence-electron chi connectivity index (χ4n) is 3.81. The van der Waals surface area contributed by atoms with Crippen LogP contribution in [0.5, 0.6) is 5.88 Å². The first-order chi connectivity index (χ1) is 15.5. The van der Waals surface area contributed by atoms with Crippen LogP contribution in [-0.2, 0) is 10.3 Å². The second-order valence-electron chi connectivity index (χ2n) is 7.28. The van der Waals surface area contributed by atoms with Gasteiger partial charge in [0.05, 0.1) is 26.1 Å². The highest BCUT2D eigenvalue weighted by molar-refractivity contribution is 8.13. The summed E-state index contributed by atoms with van der Waals surface area (Å²) in [6, 6.07) is 1.72. The van der Waals surface area contributed by atoms with Crippen LogP contribution in [0.15, 0.2) is 29.5 Å². The molecular formula is C19H16F5N5O3S. The minimum Gasteiger partial charge on any atom is -0.480 e. The second kappa shape index (κ2) is 8.41. The quantitative estimate of drug-likeness (QED) is 0.636. The van der Waals surface area contributed by atoms with Gasteiger partial charge >= 0.3 is 6.18 Å². The van der Waals surface area contributed by atoms with Crippen molar-refractivity contribution < 1.29 is 36.2 Å². The topological polar surface area (TPSA) is 112 Å². The zero-order valence-corrected chi connectivity index (χ0v) is 17.6. The van der Waals surface area contributed by atoms with E-state index in [1.165, 1.54) is 13.3 Å². The van der Waals surface area contributed by atoms with Gasteiger partial charge in [-0.15, -0.1) is 0 Å². The molecule has 2 aliphatic heterocycles. The molecule has 0 bridgehead atoms. The number of carbonyl (C=O) groups excluding carboxylic acids is 1. The number of thioether (sulfide) groups is 1. The molecule has 176 valence electrons. The molecule has 1 aromatic heterocycles. The second-order valence-corrected chi connectivity index (χ2v) is 8.32. The number of methoxy groups -OCH3 is 1. The van der Waals surface area contributed by atoms with Crippen molar-refractivity contribution in [2.45, 2.75) is 17.8 Å². The summed E-state index contributed by atoms with van der Waals surface area (Å²) in [6.07, 6.45) is -4.70. The number of aliphatic imine (C=N–C) groups is 1. The van der Waals surface area contributed by atoms with E-state index in [4.69, 9.17) is 15.2 Å². The van der Waals surface area contributed by atoms with E-state index >= 15 is 0 Å². The fourth-order valence-corrected chi connectivity index (χ4v) is 4.83. The third-order valence-corrected chi connectivity index (χ3v) is 6.24. The molecule has 0 spiro atoms. The van der Waals surface area contributed by atoms with Crippen LogP contribution in [0.2, 0.25) is 0 Å². The summed E-state index contributed by atoms with van der Waals surface area (Å²) in [5, 5.41) is 2.25. The number of amidine groups is 1. The summed E-state index contributed by atoms with van der Waals surface area (Å²) in [7, 11) is 1.36. The van der Waals surface area contributed by atoms with Crippen molar-refractivity contribution in [2.24, 2.45) is 16.6 Å². The van der Waals surface area contributed by atoms with Gasteiger partial charge in [-0.3, -0.25) is 4.79 Å². The maximum absolute atomic E-state index is 14.9. The molecule has 0 radical (unpaired) electrons. The highest BCUT2D eigenvalue weighted by Gasteiger charge is 2.62.